The van der Waals surface area contributed by atoms with E-state index in [1.54, 1.807) is 0 Å². The minimum absolute atomic E-state index is 0.327. The molecule has 0 atom stereocenters. The van der Waals surface area contributed by atoms with Crippen LogP contribution in [0.4, 0.5) is 5.69 Å². The van der Waals surface area contributed by atoms with Crippen molar-refractivity contribution in [3.05, 3.63) is 30.3 Å². The predicted molar refractivity (Wildman–Crippen MR) is 62.2 cm³/mol. The van der Waals surface area contributed by atoms with Gasteiger partial charge in [-0.1, -0.05) is 18.2 Å². The van der Waals surface area contributed by atoms with Gasteiger partial charge in [-0.2, -0.15) is 0 Å². The molecule has 0 saturated carbocycles. The van der Waals surface area contributed by atoms with Gasteiger partial charge >= 0.3 is 0 Å². The van der Waals surface area contributed by atoms with Gasteiger partial charge in [-0.3, -0.25) is 9.34 Å². The van der Waals surface area contributed by atoms with Crippen LogP contribution in [-0.4, -0.2) is 36.5 Å². The zero-order valence-electron chi connectivity index (χ0n) is 8.64. The van der Waals surface area contributed by atoms with Crippen molar-refractivity contribution in [2.24, 2.45) is 0 Å². The quantitative estimate of drug-likeness (QED) is 0.753. The molecule has 3 nitrogen and oxygen atoms in total. The topological polar surface area (TPSA) is 18.5 Å². The highest BCUT2D eigenvalue weighted by Crippen LogP contribution is 2.45. The number of anilines is 1. The fraction of sp³-hybridized carbons (Fsp3) is 0.400. The molecule has 0 spiro atoms. The molecule has 1 fully saturated rings. The summed E-state index contributed by atoms with van der Waals surface area (Å²) < 4.78 is 4.75. The number of para-hydroxylation sites is 1. The zero-order chi connectivity index (χ0) is 9.97. The van der Waals surface area contributed by atoms with Crippen molar-refractivity contribution >= 4 is 14.1 Å². The maximum Gasteiger partial charge on any atom is 0.146 e. The van der Waals surface area contributed by atoms with Crippen molar-refractivity contribution in [3.8, 4) is 0 Å². The minimum atomic E-state index is -0.327. The van der Waals surface area contributed by atoms with Gasteiger partial charge in [0.1, 0.15) is 8.37 Å². The summed E-state index contributed by atoms with van der Waals surface area (Å²) in [5.74, 6) is 0. The average Bonchev–Trinajstić information content (AvgIpc) is 2.51. The SMILES string of the molecule is CN1CCN(C)P1Nc1ccccc1. The third-order valence-electron chi connectivity index (χ3n) is 2.40. The number of nitrogens with zero attached hydrogens (tertiary/aromatic N) is 2. The van der Waals surface area contributed by atoms with E-state index in [2.05, 4.69) is 52.8 Å². The molecule has 1 heterocycles. The van der Waals surface area contributed by atoms with Crippen LogP contribution in [0.25, 0.3) is 0 Å². The van der Waals surface area contributed by atoms with Crippen LogP contribution in [0, 0.1) is 0 Å². The molecule has 1 aliphatic heterocycles. The standard InChI is InChI=1S/C10H16N3P/c1-12-8-9-13(2)14(12)11-10-6-4-3-5-7-10/h3-7,11H,8-9H2,1-2H3. The summed E-state index contributed by atoms with van der Waals surface area (Å²) in [6.45, 7) is 2.31. The Morgan fingerprint density at radius 3 is 2.21 bits per heavy atom. The molecule has 0 unspecified atom stereocenters. The Hall–Kier alpha value is -0.630. The van der Waals surface area contributed by atoms with E-state index in [1.165, 1.54) is 5.69 Å². The Kier molecular flexibility index (Phi) is 3.02. The Morgan fingerprint density at radius 2 is 1.64 bits per heavy atom. The summed E-state index contributed by atoms with van der Waals surface area (Å²) in [5.41, 5.74) is 1.21. The van der Waals surface area contributed by atoms with E-state index >= 15 is 0 Å². The molecule has 0 aliphatic carbocycles. The Morgan fingerprint density at radius 1 is 1.07 bits per heavy atom. The van der Waals surface area contributed by atoms with Gasteiger partial charge in [-0.25, -0.2) is 0 Å². The zero-order valence-corrected chi connectivity index (χ0v) is 9.54. The van der Waals surface area contributed by atoms with Crippen LogP contribution in [0.15, 0.2) is 30.3 Å². The second-order valence-electron chi connectivity index (χ2n) is 3.53. The number of hydrogen-bond acceptors (Lipinski definition) is 3. The lowest BCUT2D eigenvalue weighted by Crippen LogP contribution is -2.14. The number of rotatable bonds is 2. The molecule has 2 rings (SSSR count). The summed E-state index contributed by atoms with van der Waals surface area (Å²) in [7, 11) is 4.02. The van der Waals surface area contributed by atoms with Crippen LogP contribution in [-0.2, 0) is 0 Å². The molecule has 1 aromatic rings. The van der Waals surface area contributed by atoms with E-state index in [-0.39, 0.29) is 8.37 Å². The first kappa shape index (κ1) is 9.91. The van der Waals surface area contributed by atoms with Crippen LogP contribution >= 0.6 is 8.37 Å². The molecular formula is C10H16N3P. The number of hydrogen-bond donors (Lipinski definition) is 1. The summed E-state index contributed by atoms with van der Waals surface area (Å²) in [4.78, 5) is 0. The molecule has 1 N–H and O–H groups in total. The molecular weight excluding hydrogens is 193 g/mol. The predicted octanol–water partition coefficient (Wildman–Crippen LogP) is 2.20. The van der Waals surface area contributed by atoms with E-state index in [1.807, 2.05) is 6.07 Å². The van der Waals surface area contributed by atoms with Crippen molar-refractivity contribution in [2.75, 3.05) is 32.3 Å². The van der Waals surface area contributed by atoms with Crippen molar-refractivity contribution in [1.82, 2.24) is 9.34 Å². The van der Waals surface area contributed by atoms with Gasteiger partial charge in [0.2, 0.25) is 0 Å². The Balaban J connectivity index is 2.04. The average molecular weight is 209 g/mol. The van der Waals surface area contributed by atoms with Gasteiger partial charge in [0.05, 0.1) is 0 Å². The fourth-order valence-corrected chi connectivity index (χ4v) is 3.34. The molecule has 0 aromatic heterocycles. The van der Waals surface area contributed by atoms with Crippen molar-refractivity contribution in [3.63, 3.8) is 0 Å². The highest BCUT2D eigenvalue weighted by Gasteiger charge is 2.26. The van der Waals surface area contributed by atoms with E-state index in [0.717, 1.165) is 13.1 Å². The minimum Gasteiger partial charge on any atom is -0.340 e. The van der Waals surface area contributed by atoms with Gasteiger partial charge in [-0.05, 0) is 26.2 Å². The van der Waals surface area contributed by atoms with Crippen molar-refractivity contribution in [2.45, 2.75) is 0 Å². The van der Waals surface area contributed by atoms with Crippen LogP contribution in [0.5, 0.6) is 0 Å². The molecule has 1 aliphatic rings. The van der Waals surface area contributed by atoms with Gasteiger partial charge in [0.15, 0.2) is 0 Å². The highest BCUT2D eigenvalue weighted by molar-refractivity contribution is 7.54. The Labute approximate surface area is 86.6 Å². The smallest absolute Gasteiger partial charge is 0.146 e. The maximum atomic E-state index is 3.56. The summed E-state index contributed by atoms with van der Waals surface area (Å²) in [6, 6.07) is 10.4. The number of likely N-dealkylation sites (N-methyl/N-ethyl adjacent to an activating group) is 2. The Bertz CT molecular complexity index is 281. The lowest BCUT2D eigenvalue weighted by molar-refractivity contribution is 0.553. The second kappa shape index (κ2) is 4.26. The molecule has 1 aromatic carbocycles. The first-order valence-corrected chi connectivity index (χ1v) is 6.06. The maximum absolute atomic E-state index is 3.56. The third-order valence-corrected chi connectivity index (χ3v) is 4.55. The summed E-state index contributed by atoms with van der Waals surface area (Å²) in [6.07, 6.45) is 0. The van der Waals surface area contributed by atoms with E-state index in [0.29, 0.717) is 0 Å². The van der Waals surface area contributed by atoms with Crippen molar-refractivity contribution in [1.29, 1.82) is 0 Å². The third kappa shape index (κ3) is 2.06. The molecule has 0 bridgehead atoms. The number of benzene rings is 1. The van der Waals surface area contributed by atoms with E-state index < -0.39 is 0 Å². The fourth-order valence-electron chi connectivity index (χ4n) is 1.54. The molecule has 1 saturated heterocycles. The monoisotopic (exact) mass is 209 g/mol. The van der Waals surface area contributed by atoms with E-state index in [9.17, 15) is 0 Å². The lowest BCUT2D eigenvalue weighted by atomic mass is 10.3. The molecule has 0 radical (unpaired) electrons. The summed E-state index contributed by atoms with van der Waals surface area (Å²) >= 11 is 0. The number of nitrogens with one attached hydrogen (secondary N) is 1. The largest absolute Gasteiger partial charge is 0.340 e. The summed E-state index contributed by atoms with van der Waals surface area (Å²) in [5, 5.41) is 3.56. The molecule has 0 amide bonds. The molecule has 76 valence electrons. The van der Waals surface area contributed by atoms with Gasteiger partial charge < -0.3 is 5.09 Å². The second-order valence-corrected chi connectivity index (χ2v) is 5.70. The van der Waals surface area contributed by atoms with Gasteiger partial charge in [0, 0.05) is 18.8 Å². The van der Waals surface area contributed by atoms with Crippen LogP contribution < -0.4 is 5.09 Å². The normalized spacial score (nSPS) is 20.1. The van der Waals surface area contributed by atoms with Crippen LogP contribution in [0.2, 0.25) is 0 Å². The molecule has 4 heteroatoms. The first-order valence-electron chi connectivity index (χ1n) is 4.81. The van der Waals surface area contributed by atoms with E-state index in [4.69, 9.17) is 0 Å². The van der Waals surface area contributed by atoms with Crippen LogP contribution in [0.3, 0.4) is 0 Å². The highest BCUT2D eigenvalue weighted by atomic mass is 31.1. The van der Waals surface area contributed by atoms with Gasteiger partial charge in [0.25, 0.3) is 0 Å². The lowest BCUT2D eigenvalue weighted by Gasteiger charge is -2.25. The first-order chi connectivity index (χ1) is 6.77. The molecule has 14 heavy (non-hydrogen) atoms. The van der Waals surface area contributed by atoms with Crippen LogP contribution in [0.1, 0.15) is 0 Å². The van der Waals surface area contributed by atoms with Gasteiger partial charge in [-0.15, -0.1) is 0 Å². The van der Waals surface area contributed by atoms with Crippen molar-refractivity contribution < 1.29 is 0 Å².